The standard InChI is InChI=1S/C33H42N6O6S/c1-36-33(41)37-15-12-22-13-16-39(17-14-22)32(40)29(19-23-6-4-8-25(18-23)31(34)35)38-46(42,43)27-9-5-7-24(20-27)28-11-10-26(44-2)21-30(28)45-3/h4-11,18,20-22,29,38H,12-17,19H2,1-3H3,(H3,34,35)(H2,36,37,41)/t29-/m0/s1. The van der Waals surface area contributed by atoms with E-state index in [1.165, 1.54) is 13.2 Å². The number of rotatable bonds is 13. The zero-order valence-corrected chi connectivity index (χ0v) is 27.2. The third kappa shape index (κ3) is 8.76. The van der Waals surface area contributed by atoms with Crippen LogP contribution in [0.2, 0.25) is 0 Å². The zero-order valence-electron chi connectivity index (χ0n) is 26.3. The molecule has 12 nitrogen and oxygen atoms in total. The zero-order chi connectivity index (χ0) is 33.3. The molecule has 3 aromatic carbocycles. The van der Waals surface area contributed by atoms with Gasteiger partial charge in [-0.3, -0.25) is 10.2 Å². The number of carbonyl (C=O) groups is 2. The number of nitrogens with two attached hydrogens (primary N) is 1. The topological polar surface area (TPSA) is 176 Å². The maximum atomic E-state index is 14.0. The lowest BCUT2D eigenvalue weighted by Gasteiger charge is -2.34. The summed E-state index contributed by atoms with van der Waals surface area (Å²) in [4.78, 5) is 27.1. The van der Waals surface area contributed by atoms with Crippen LogP contribution in [-0.2, 0) is 21.2 Å². The first-order valence-corrected chi connectivity index (χ1v) is 16.6. The molecular weight excluding hydrogens is 608 g/mol. The van der Waals surface area contributed by atoms with E-state index in [0.717, 1.165) is 19.3 Å². The van der Waals surface area contributed by atoms with Gasteiger partial charge in [0.05, 0.1) is 19.1 Å². The van der Waals surface area contributed by atoms with Gasteiger partial charge < -0.3 is 30.7 Å². The first-order chi connectivity index (χ1) is 22.0. The van der Waals surface area contributed by atoms with Crippen LogP contribution < -0.4 is 30.6 Å². The van der Waals surface area contributed by atoms with Gasteiger partial charge in [-0.05, 0) is 73.1 Å². The summed E-state index contributed by atoms with van der Waals surface area (Å²) in [7, 11) is 0.485. The Morgan fingerprint density at radius 2 is 1.76 bits per heavy atom. The van der Waals surface area contributed by atoms with E-state index >= 15 is 0 Å². The van der Waals surface area contributed by atoms with Crippen molar-refractivity contribution in [3.8, 4) is 22.6 Å². The summed E-state index contributed by atoms with van der Waals surface area (Å²) in [5, 5.41) is 13.1. The number of hydrogen-bond acceptors (Lipinski definition) is 7. The molecule has 1 aliphatic heterocycles. The van der Waals surface area contributed by atoms with Gasteiger partial charge in [0, 0.05) is 43.9 Å². The Balaban J connectivity index is 1.56. The predicted molar refractivity (Wildman–Crippen MR) is 177 cm³/mol. The highest BCUT2D eigenvalue weighted by Gasteiger charge is 2.32. The van der Waals surface area contributed by atoms with Gasteiger partial charge in [0.25, 0.3) is 0 Å². The Labute approximate surface area is 270 Å². The maximum absolute atomic E-state index is 14.0. The van der Waals surface area contributed by atoms with E-state index in [9.17, 15) is 18.0 Å². The third-order valence-electron chi connectivity index (χ3n) is 8.13. The van der Waals surface area contributed by atoms with Gasteiger partial charge in [-0.2, -0.15) is 4.72 Å². The highest BCUT2D eigenvalue weighted by Crippen LogP contribution is 2.34. The molecule has 1 atom stereocenters. The van der Waals surface area contributed by atoms with E-state index in [4.69, 9.17) is 20.6 Å². The minimum absolute atomic E-state index is 0.000446. The summed E-state index contributed by atoms with van der Waals surface area (Å²) in [6.45, 7) is 1.48. The molecule has 13 heteroatoms. The fraction of sp³-hybridized carbons (Fsp3) is 0.364. The number of nitrogens with zero attached hydrogens (tertiary/aromatic N) is 1. The molecule has 4 rings (SSSR count). The van der Waals surface area contributed by atoms with Crippen LogP contribution in [0.4, 0.5) is 4.79 Å². The summed E-state index contributed by atoms with van der Waals surface area (Å²) in [5.41, 5.74) is 8.15. The second-order valence-corrected chi connectivity index (χ2v) is 12.9. The van der Waals surface area contributed by atoms with Gasteiger partial charge in [0.15, 0.2) is 0 Å². The molecule has 0 bridgehead atoms. The number of hydrogen-bond donors (Lipinski definition) is 5. The number of ether oxygens (including phenoxy) is 2. The molecule has 46 heavy (non-hydrogen) atoms. The average molecular weight is 651 g/mol. The number of amides is 3. The van der Waals surface area contributed by atoms with Crippen molar-refractivity contribution in [1.29, 1.82) is 5.41 Å². The summed E-state index contributed by atoms with van der Waals surface area (Å²) >= 11 is 0. The number of nitrogen functional groups attached to an aromatic ring is 1. The largest absolute Gasteiger partial charge is 0.497 e. The van der Waals surface area contributed by atoms with E-state index < -0.39 is 16.1 Å². The van der Waals surface area contributed by atoms with Gasteiger partial charge in [0.2, 0.25) is 15.9 Å². The minimum Gasteiger partial charge on any atom is -0.497 e. The number of nitrogens with one attached hydrogen (secondary N) is 4. The van der Waals surface area contributed by atoms with Gasteiger partial charge in [0.1, 0.15) is 23.4 Å². The molecule has 1 fully saturated rings. The summed E-state index contributed by atoms with van der Waals surface area (Å²) < 4.78 is 41.2. The number of likely N-dealkylation sites (tertiary alicyclic amines) is 1. The molecule has 3 aromatic rings. The number of sulfonamides is 1. The molecule has 0 aliphatic carbocycles. The third-order valence-corrected chi connectivity index (χ3v) is 9.60. The normalized spacial score (nSPS) is 14.3. The van der Waals surface area contributed by atoms with Gasteiger partial charge >= 0.3 is 6.03 Å². The molecule has 246 valence electrons. The predicted octanol–water partition coefficient (Wildman–Crippen LogP) is 3.10. The van der Waals surface area contributed by atoms with E-state index in [1.807, 2.05) is 0 Å². The van der Waals surface area contributed by atoms with E-state index in [0.29, 0.717) is 59.3 Å². The lowest BCUT2D eigenvalue weighted by molar-refractivity contribution is -0.134. The van der Waals surface area contributed by atoms with E-state index in [-0.39, 0.29) is 29.1 Å². The highest BCUT2D eigenvalue weighted by atomic mass is 32.2. The Bertz CT molecular complexity index is 1660. The van der Waals surface area contributed by atoms with Crippen molar-refractivity contribution in [3.05, 3.63) is 77.9 Å². The SMILES string of the molecule is CNC(=O)NCCC1CCN(C(=O)[C@H](Cc2cccc(C(=N)N)c2)NS(=O)(=O)c2cccc(-c3ccc(OC)cc3OC)c2)CC1. The lowest BCUT2D eigenvalue weighted by Crippen LogP contribution is -2.51. The first-order valence-electron chi connectivity index (χ1n) is 15.1. The van der Waals surface area contributed by atoms with Crippen LogP contribution in [0.5, 0.6) is 11.5 Å². The molecule has 0 unspecified atom stereocenters. The van der Waals surface area contributed by atoms with Crippen LogP contribution in [0.3, 0.4) is 0 Å². The summed E-state index contributed by atoms with van der Waals surface area (Å²) in [5.74, 6) is 1.01. The van der Waals surface area contributed by atoms with Gasteiger partial charge in [-0.15, -0.1) is 0 Å². The Morgan fingerprint density at radius 1 is 1.02 bits per heavy atom. The maximum Gasteiger partial charge on any atom is 0.314 e. The smallest absolute Gasteiger partial charge is 0.314 e. The van der Waals surface area contributed by atoms with Crippen molar-refractivity contribution in [3.63, 3.8) is 0 Å². The van der Waals surface area contributed by atoms with Crippen molar-refractivity contribution in [2.45, 2.75) is 36.6 Å². The molecule has 6 N–H and O–H groups in total. The van der Waals surface area contributed by atoms with Gasteiger partial charge in [-0.25, -0.2) is 13.2 Å². The van der Waals surface area contributed by atoms with Crippen molar-refractivity contribution >= 4 is 27.8 Å². The van der Waals surface area contributed by atoms with Crippen molar-refractivity contribution in [1.82, 2.24) is 20.3 Å². The Morgan fingerprint density at radius 3 is 2.43 bits per heavy atom. The fourth-order valence-corrected chi connectivity index (χ4v) is 6.78. The molecule has 0 radical (unpaired) electrons. The van der Waals surface area contributed by atoms with Crippen molar-refractivity contribution in [2.24, 2.45) is 11.7 Å². The van der Waals surface area contributed by atoms with Crippen molar-refractivity contribution in [2.75, 3.05) is 40.9 Å². The Hall–Kier alpha value is -4.62. The van der Waals surface area contributed by atoms with Crippen LogP contribution in [0.1, 0.15) is 30.4 Å². The van der Waals surface area contributed by atoms with E-state index in [2.05, 4.69) is 15.4 Å². The highest BCUT2D eigenvalue weighted by molar-refractivity contribution is 7.89. The van der Waals surface area contributed by atoms with Crippen LogP contribution in [0, 0.1) is 11.3 Å². The number of benzene rings is 3. The molecule has 0 aromatic heterocycles. The van der Waals surface area contributed by atoms with E-state index in [1.54, 1.807) is 79.7 Å². The van der Waals surface area contributed by atoms with Crippen molar-refractivity contribution < 1.29 is 27.5 Å². The minimum atomic E-state index is -4.16. The molecule has 0 spiro atoms. The second-order valence-electron chi connectivity index (χ2n) is 11.1. The van der Waals surface area contributed by atoms with Gasteiger partial charge in [-0.1, -0.05) is 30.3 Å². The number of methoxy groups -OCH3 is 2. The molecule has 0 saturated carbocycles. The molecule has 1 aliphatic rings. The number of carbonyl (C=O) groups excluding carboxylic acids is 2. The quantitative estimate of drug-likeness (QED) is 0.139. The van der Waals surface area contributed by atoms with Crippen LogP contribution in [0.15, 0.2) is 71.6 Å². The Kier molecular flexibility index (Phi) is 11.6. The molecular formula is C33H42N6O6S. The molecule has 1 saturated heterocycles. The lowest BCUT2D eigenvalue weighted by atomic mass is 9.93. The number of urea groups is 1. The van der Waals surface area contributed by atoms with Crippen LogP contribution >= 0.6 is 0 Å². The average Bonchev–Trinajstić information content (AvgIpc) is 3.07. The summed E-state index contributed by atoms with van der Waals surface area (Å²) in [6.07, 6.45) is 2.35. The summed E-state index contributed by atoms with van der Waals surface area (Å²) in [6, 6.07) is 17.3. The first kappa shape index (κ1) is 34.3. The molecule has 1 heterocycles. The fourth-order valence-electron chi connectivity index (χ4n) is 5.54. The second kappa shape index (κ2) is 15.6. The van der Waals surface area contributed by atoms with Crippen LogP contribution in [0.25, 0.3) is 11.1 Å². The molecule has 3 amide bonds. The monoisotopic (exact) mass is 650 g/mol. The van der Waals surface area contributed by atoms with Crippen LogP contribution in [-0.4, -0.2) is 78.0 Å². The number of piperidine rings is 1. The number of amidine groups is 1.